The summed E-state index contributed by atoms with van der Waals surface area (Å²) in [5.41, 5.74) is 1.85. The lowest BCUT2D eigenvalue weighted by Crippen LogP contribution is -2.42. The zero-order valence-electron chi connectivity index (χ0n) is 15.4. The first-order chi connectivity index (χ1) is 12.6. The molecule has 1 aromatic carbocycles. The highest BCUT2D eigenvalue weighted by molar-refractivity contribution is 6.03. The van der Waals surface area contributed by atoms with Crippen molar-refractivity contribution in [3.8, 4) is 0 Å². The molecule has 0 bridgehead atoms. The molecule has 2 heterocycles. The summed E-state index contributed by atoms with van der Waals surface area (Å²) in [5, 5.41) is 6.92. The van der Waals surface area contributed by atoms with Crippen LogP contribution in [-0.2, 0) is 13.6 Å². The molecule has 0 radical (unpaired) electrons. The van der Waals surface area contributed by atoms with Gasteiger partial charge in [0, 0.05) is 37.3 Å². The molecule has 1 N–H and O–H groups in total. The maximum absolute atomic E-state index is 12.4. The quantitative estimate of drug-likeness (QED) is 0.807. The van der Waals surface area contributed by atoms with E-state index in [0.29, 0.717) is 23.5 Å². The molecule has 0 saturated heterocycles. The van der Waals surface area contributed by atoms with Crippen molar-refractivity contribution in [1.29, 1.82) is 0 Å². The molecular formula is C21H26N4O. The molecular weight excluding hydrogens is 324 g/mol. The lowest BCUT2D eigenvalue weighted by atomic mass is 9.99. The smallest absolute Gasteiger partial charge is 0.256 e. The Morgan fingerprint density at radius 2 is 2.12 bits per heavy atom. The molecule has 1 aliphatic rings. The second-order valence-corrected chi connectivity index (χ2v) is 6.75. The third-order valence-corrected chi connectivity index (χ3v) is 4.90. The maximum atomic E-state index is 12.4. The predicted octanol–water partition coefficient (Wildman–Crippen LogP) is 3.77. The van der Waals surface area contributed by atoms with E-state index in [1.807, 2.05) is 30.3 Å². The van der Waals surface area contributed by atoms with Crippen LogP contribution in [0.15, 0.2) is 61.3 Å². The van der Waals surface area contributed by atoms with Crippen LogP contribution < -0.4 is 5.32 Å². The van der Waals surface area contributed by atoms with Gasteiger partial charge in [-0.05, 0) is 37.5 Å². The third kappa shape index (κ3) is 4.11. The second-order valence-electron chi connectivity index (χ2n) is 6.75. The minimum atomic E-state index is -0.126. The number of nitrogens with one attached hydrogen (secondary N) is 1. The van der Waals surface area contributed by atoms with Gasteiger partial charge >= 0.3 is 0 Å². The predicted molar refractivity (Wildman–Crippen MR) is 105 cm³/mol. The second kappa shape index (κ2) is 8.15. The number of rotatable bonds is 6. The average Bonchev–Trinajstić information content (AvgIpc) is 3.03. The summed E-state index contributed by atoms with van der Waals surface area (Å²) < 4.78 is 1.64. The van der Waals surface area contributed by atoms with Crippen molar-refractivity contribution in [1.82, 2.24) is 14.7 Å². The van der Waals surface area contributed by atoms with Gasteiger partial charge in [0.05, 0.1) is 6.20 Å². The van der Waals surface area contributed by atoms with Crippen LogP contribution in [0.4, 0.5) is 5.82 Å². The fourth-order valence-corrected chi connectivity index (χ4v) is 3.37. The number of carbonyl (C=O) groups is 1. The molecule has 1 aliphatic heterocycles. The summed E-state index contributed by atoms with van der Waals surface area (Å²) in [6.45, 7) is 6.98. The third-order valence-electron chi connectivity index (χ3n) is 4.90. The highest BCUT2D eigenvalue weighted by Gasteiger charge is 2.23. The Labute approximate surface area is 155 Å². The van der Waals surface area contributed by atoms with Crippen LogP contribution >= 0.6 is 0 Å². The molecule has 0 aliphatic carbocycles. The van der Waals surface area contributed by atoms with Crippen LogP contribution in [0.2, 0.25) is 0 Å². The number of anilines is 1. The van der Waals surface area contributed by atoms with E-state index in [-0.39, 0.29) is 5.91 Å². The first-order valence-corrected chi connectivity index (χ1v) is 9.00. The maximum Gasteiger partial charge on any atom is 0.256 e. The Morgan fingerprint density at radius 1 is 1.35 bits per heavy atom. The van der Waals surface area contributed by atoms with Crippen LogP contribution in [0, 0.1) is 0 Å². The molecule has 0 saturated carbocycles. The summed E-state index contributed by atoms with van der Waals surface area (Å²) >= 11 is 0. The Kier molecular flexibility index (Phi) is 5.68. The largest absolute Gasteiger partial charge is 0.307 e. The number of carbonyl (C=O) groups excluding carboxylic acids is 1. The molecule has 0 unspecified atom stereocenters. The lowest BCUT2D eigenvalue weighted by Gasteiger charge is -2.37. The van der Waals surface area contributed by atoms with E-state index < -0.39 is 0 Å². The summed E-state index contributed by atoms with van der Waals surface area (Å²) in [7, 11) is 1.80. The van der Waals surface area contributed by atoms with Gasteiger partial charge in [-0.3, -0.25) is 14.4 Å². The van der Waals surface area contributed by atoms with Crippen LogP contribution in [0.3, 0.4) is 0 Å². The summed E-state index contributed by atoms with van der Waals surface area (Å²) in [5.74, 6) is 0.555. The zero-order valence-corrected chi connectivity index (χ0v) is 15.4. The van der Waals surface area contributed by atoms with Crippen molar-refractivity contribution in [2.45, 2.75) is 38.4 Å². The first kappa shape index (κ1) is 18.1. The summed E-state index contributed by atoms with van der Waals surface area (Å²) in [4.78, 5) is 14.9. The van der Waals surface area contributed by atoms with E-state index in [9.17, 15) is 4.79 Å². The van der Waals surface area contributed by atoms with Crippen molar-refractivity contribution in [2.75, 3.05) is 5.32 Å². The topological polar surface area (TPSA) is 50.2 Å². The van der Waals surface area contributed by atoms with E-state index in [4.69, 9.17) is 0 Å². The molecule has 5 nitrogen and oxygen atoms in total. The van der Waals surface area contributed by atoms with Crippen LogP contribution in [-0.4, -0.2) is 32.7 Å². The number of aryl methyl sites for hydroxylation is 1. The van der Waals surface area contributed by atoms with Gasteiger partial charge in [0.15, 0.2) is 0 Å². The number of hydrogen-bond acceptors (Lipinski definition) is 3. The van der Waals surface area contributed by atoms with E-state index in [1.54, 1.807) is 24.0 Å². The molecule has 1 amide bonds. The van der Waals surface area contributed by atoms with Crippen molar-refractivity contribution < 1.29 is 4.79 Å². The molecule has 26 heavy (non-hydrogen) atoms. The van der Waals surface area contributed by atoms with Gasteiger partial charge in [-0.25, -0.2) is 0 Å². The van der Waals surface area contributed by atoms with Gasteiger partial charge in [-0.15, -0.1) is 6.58 Å². The van der Waals surface area contributed by atoms with Crippen molar-refractivity contribution >= 4 is 11.7 Å². The van der Waals surface area contributed by atoms with Gasteiger partial charge < -0.3 is 5.32 Å². The van der Waals surface area contributed by atoms with Crippen LogP contribution in [0.1, 0.15) is 35.7 Å². The molecule has 2 atom stereocenters. The number of nitrogens with zero attached hydrogens (tertiary/aromatic N) is 3. The van der Waals surface area contributed by atoms with Gasteiger partial charge in [0.25, 0.3) is 5.91 Å². The fourth-order valence-electron chi connectivity index (χ4n) is 3.37. The molecule has 5 heteroatoms. The molecule has 1 aromatic heterocycles. The number of hydrogen-bond donors (Lipinski definition) is 1. The number of aromatic nitrogens is 2. The van der Waals surface area contributed by atoms with E-state index in [0.717, 1.165) is 19.4 Å². The first-order valence-electron chi connectivity index (χ1n) is 9.00. The Balaban J connectivity index is 1.67. The van der Waals surface area contributed by atoms with E-state index in [2.05, 4.69) is 41.0 Å². The summed E-state index contributed by atoms with van der Waals surface area (Å²) in [6.07, 6.45) is 10.2. The fraction of sp³-hybridized carbons (Fsp3) is 0.333. The normalized spacial score (nSPS) is 20.1. The highest BCUT2D eigenvalue weighted by atomic mass is 16.1. The molecule has 0 fully saturated rings. The van der Waals surface area contributed by atoms with Gasteiger partial charge in [0.1, 0.15) is 5.82 Å². The van der Waals surface area contributed by atoms with Crippen molar-refractivity contribution in [3.05, 3.63) is 72.5 Å². The molecule has 136 valence electrons. The van der Waals surface area contributed by atoms with Crippen molar-refractivity contribution in [3.63, 3.8) is 0 Å². The van der Waals surface area contributed by atoms with Gasteiger partial charge in [-0.1, -0.05) is 30.4 Å². The minimum absolute atomic E-state index is 0.126. The number of benzene rings is 1. The monoisotopic (exact) mass is 350 g/mol. The van der Waals surface area contributed by atoms with E-state index in [1.165, 1.54) is 5.56 Å². The molecule has 3 rings (SSSR count). The van der Waals surface area contributed by atoms with Gasteiger partial charge in [0.2, 0.25) is 0 Å². The Morgan fingerprint density at radius 3 is 2.77 bits per heavy atom. The van der Waals surface area contributed by atoms with E-state index >= 15 is 0 Å². The Bertz CT molecular complexity index is 791. The highest BCUT2D eigenvalue weighted by Crippen LogP contribution is 2.23. The Hall–Kier alpha value is -2.66. The van der Waals surface area contributed by atoms with Crippen LogP contribution in [0.5, 0.6) is 0 Å². The van der Waals surface area contributed by atoms with Crippen molar-refractivity contribution in [2.24, 2.45) is 7.05 Å². The standard InChI is InChI=1S/C21H26N4O/c1-4-6-19-8-5-7-16(2)25(19)15-17-9-11-18(12-10-17)21(26)23-20-13-14-22-24(20)3/h4-5,7,9-14,16,19H,1,6,8,15H2,2-3H3,(H,23,26)/t16-,19-/m1/s1. The molecule has 0 spiro atoms. The average molecular weight is 350 g/mol. The number of amides is 1. The van der Waals surface area contributed by atoms with Gasteiger partial charge in [-0.2, -0.15) is 5.10 Å². The summed E-state index contributed by atoms with van der Waals surface area (Å²) in [6, 6.07) is 10.5. The lowest BCUT2D eigenvalue weighted by molar-refractivity contribution is 0.102. The molecule has 2 aromatic rings. The van der Waals surface area contributed by atoms with Crippen LogP contribution in [0.25, 0.3) is 0 Å². The SMILES string of the molecule is C=CC[C@@H]1CC=C[C@@H](C)N1Cc1ccc(C(=O)Nc2ccnn2C)cc1. The minimum Gasteiger partial charge on any atom is -0.307 e. The zero-order chi connectivity index (χ0) is 18.5.